The lowest BCUT2D eigenvalue weighted by atomic mass is 9.99. The molecule has 0 aliphatic carbocycles. The van der Waals surface area contributed by atoms with E-state index in [-0.39, 0.29) is 0 Å². The van der Waals surface area contributed by atoms with Crippen molar-refractivity contribution in [1.82, 2.24) is 4.98 Å². The number of rotatable bonds is 2. The Hall–Kier alpha value is -0.370. The highest BCUT2D eigenvalue weighted by Crippen LogP contribution is 2.21. The van der Waals surface area contributed by atoms with Crippen molar-refractivity contribution in [2.45, 2.75) is 39.4 Å². The molecule has 1 nitrogen and oxygen atoms in total. The zero-order valence-corrected chi connectivity index (χ0v) is 10.3. The molecule has 0 spiro atoms. The summed E-state index contributed by atoms with van der Waals surface area (Å²) >= 11 is 3.51. The van der Waals surface area contributed by atoms with Crippen molar-refractivity contribution < 1.29 is 0 Å². The van der Waals surface area contributed by atoms with Crippen LogP contribution in [0, 0.1) is 20.8 Å². The predicted octanol–water partition coefficient (Wildman–Crippen LogP) is 3.46. The fourth-order valence-electron chi connectivity index (χ4n) is 1.83. The quantitative estimate of drug-likeness (QED) is 0.723. The molecule has 0 aromatic carbocycles. The zero-order valence-electron chi connectivity index (χ0n) is 8.74. The Labute approximate surface area is 88.7 Å². The normalized spacial score (nSPS) is 10.5. The summed E-state index contributed by atoms with van der Waals surface area (Å²) < 4.78 is 0. The molecule has 1 rings (SSSR count). The molecule has 0 fully saturated rings. The van der Waals surface area contributed by atoms with E-state index in [1.165, 1.54) is 22.4 Å². The second-order valence-corrected chi connectivity index (χ2v) is 3.91. The van der Waals surface area contributed by atoms with E-state index in [2.05, 4.69) is 48.6 Å². The van der Waals surface area contributed by atoms with Gasteiger partial charge >= 0.3 is 0 Å². The van der Waals surface area contributed by atoms with E-state index >= 15 is 0 Å². The first-order valence-corrected chi connectivity index (χ1v) is 5.75. The van der Waals surface area contributed by atoms with Gasteiger partial charge in [0, 0.05) is 16.7 Å². The van der Waals surface area contributed by atoms with Crippen molar-refractivity contribution in [3.8, 4) is 0 Å². The van der Waals surface area contributed by atoms with E-state index in [4.69, 9.17) is 0 Å². The van der Waals surface area contributed by atoms with Crippen LogP contribution in [0.5, 0.6) is 0 Å². The molecule has 0 radical (unpaired) electrons. The average molecular weight is 242 g/mol. The summed E-state index contributed by atoms with van der Waals surface area (Å²) in [5.41, 5.74) is 6.50. The van der Waals surface area contributed by atoms with Gasteiger partial charge in [-0.15, -0.1) is 0 Å². The molecule has 1 aromatic rings. The summed E-state index contributed by atoms with van der Waals surface area (Å²) in [7, 11) is 0. The van der Waals surface area contributed by atoms with Crippen LogP contribution in [0.3, 0.4) is 0 Å². The van der Waals surface area contributed by atoms with Crippen LogP contribution in [0.25, 0.3) is 0 Å². The van der Waals surface area contributed by atoms with Gasteiger partial charge in [0.2, 0.25) is 0 Å². The van der Waals surface area contributed by atoms with Gasteiger partial charge in [-0.3, -0.25) is 4.98 Å². The Kier molecular flexibility index (Phi) is 3.48. The van der Waals surface area contributed by atoms with Gasteiger partial charge in [-0.1, -0.05) is 22.9 Å². The van der Waals surface area contributed by atoms with Gasteiger partial charge in [-0.2, -0.15) is 0 Å². The van der Waals surface area contributed by atoms with E-state index in [0.29, 0.717) is 0 Å². The van der Waals surface area contributed by atoms with E-state index < -0.39 is 0 Å². The topological polar surface area (TPSA) is 12.9 Å². The Bertz CT molecular complexity index is 290. The molecule has 0 unspecified atom stereocenters. The van der Waals surface area contributed by atoms with E-state index in [0.717, 1.165) is 17.4 Å². The minimum absolute atomic E-state index is 0.908. The van der Waals surface area contributed by atoms with Gasteiger partial charge in [0.25, 0.3) is 0 Å². The predicted molar refractivity (Wildman–Crippen MR) is 60.5 cm³/mol. The van der Waals surface area contributed by atoms with Crippen molar-refractivity contribution in [2.75, 3.05) is 0 Å². The second-order valence-electron chi connectivity index (χ2n) is 3.35. The third-order valence-corrected chi connectivity index (χ3v) is 3.16. The summed E-state index contributed by atoms with van der Waals surface area (Å²) in [6.07, 6.45) is 1.07. The Balaban J connectivity index is 3.39. The lowest BCUT2D eigenvalue weighted by Crippen LogP contribution is -2.03. The largest absolute Gasteiger partial charge is 0.258 e. The van der Waals surface area contributed by atoms with Crippen molar-refractivity contribution >= 4 is 15.9 Å². The molecule has 2 heteroatoms. The zero-order chi connectivity index (χ0) is 10.0. The van der Waals surface area contributed by atoms with Crippen LogP contribution in [0.2, 0.25) is 0 Å². The molecule has 0 saturated carbocycles. The number of pyridine rings is 1. The molecule has 1 aromatic heterocycles. The molecule has 72 valence electrons. The highest BCUT2D eigenvalue weighted by molar-refractivity contribution is 9.08. The fraction of sp³-hybridized carbons (Fsp3) is 0.545. The monoisotopic (exact) mass is 241 g/mol. The molecule has 0 aliphatic heterocycles. The van der Waals surface area contributed by atoms with Crippen LogP contribution in [-0.4, -0.2) is 4.98 Å². The first kappa shape index (κ1) is 10.7. The maximum atomic E-state index is 4.55. The first-order chi connectivity index (χ1) is 6.11. The number of hydrogen-bond donors (Lipinski definition) is 0. The van der Waals surface area contributed by atoms with Crippen molar-refractivity contribution in [2.24, 2.45) is 0 Å². The highest BCUT2D eigenvalue weighted by Gasteiger charge is 2.09. The molecule has 0 aliphatic rings. The van der Waals surface area contributed by atoms with E-state index in [1.54, 1.807) is 0 Å². The molecular formula is C11H16BrN. The SMILES string of the molecule is CCc1c(C)nc(C)c(CBr)c1C. The minimum atomic E-state index is 0.908. The summed E-state index contributed by atoms with van der Waals surface area (Å²) in [6, 6.07) is 0. The average Bonchev–Trinajstić information content (AvgIpc) is 2.04. The van der Waals surface area contributed by atoms with Crippen LogP contribution >= 0.6 is 15.9 Å². The lowest BCUT2D eigenvalue weighted by molar-refractivity contribution is 0.972. The van der Waals surface area contributed by atoms with Gasteiger partial charge in [0.05, 0.1) is 0 Å². The fourth-order valence-corrected chi connectivity index (χ4v) is 2.66. The number of halogens is 1. The molecule has 13 heavy (non-hydrogen) atoms. The summed E-state index contributed by atoms with van der Waals surface area (Å²) in [5, 5.41) is 0.908. The standard InChI is InChI=1S/C11H16BrN/c1-5-10-7(2)11(6-12)9(4)13-8(10)3/h5-6H2,1-4H3. The van der Waals surface area contributed by atoms with Gasteiger partial charge in [-0.05, 0) is 43.9 Å². The van der Waals surface area contributed by atoms with Gasteiger partial charge < -0.3 is 0 Å². The second kappa shape index (κ2) is 4.23. The van der Waals surface area contributed by atoms with Crippen LogP contribution in [0.1, 0.15) is 35.0 Å². The maximum absolute atomic E-state index is 4.55. The molecule has 0 amide bonds. The minimum Gasteiger partial charge on any atom is -0.258 e. The maximum Gasteiger partial charge on any atom is 0.0419 e. The molecule has 0 bridgehead atoms. The van der Waals surface area contributed by atoms with Crippen molar-refractivity contribution in [3.05, 3.63) is 28.1 Å². The number of nitrogens with zero attached hydrogens (tertiary/aromatic N) is 1. The summed E-state index contributed by atoms with van der Waals surface area (Å²) in [4.78, 5) is 4.55. The van der Waals surface area contributed by atoms with Gasteiger partial charge in [-0.25, -0.2) is 0 Å². The Morgan fingerprint density at radius 1 is 1.08 bits per heavy atom. The Morgan fingerprint density at radius 3 is 2.08 bits per heavy atom. The number of aromatic nitrogens is 1. The van der Waals surface area contributed by atoms with E-state index in [9.17, 15) is 0 Å². The Morgan fingerprint density at radius 2 is 1.62 bits per heavy atom. The van der Waals surface area contributed by atoms with Gasteiger partial charge in [0.15, 0.2) is 0 Å². The smallest absolute Gasteiger partial charge is 0.0419 e. The summed E-state index contributed by atoms with van der Waals surface area (Å²) in [6.45, 7) is 8.55. The molecule has 0 atom stereocenters. The van der Waals surface area contributed by atoms with Crippen LogP contribution in [0.15, 0.2) is 0 Å². The lowest BCUT2D eigenvalue weighted by Gasteiger charge is -2.13. The summed E-state index contributed by atoms with van der Waals surface area (Å²) in [5.74, 6) is 0. The number of aryl methyl sites for hydroxylation is 2. The number of hydrogen-bond acceptors (Lipinski definition) is 1. The molecular weight excluding hydrogens is 226 g/mol. The highest BCUT2D eigenvalue weighted by atomic mass is 79.9. The van der Waals surface area contributed by atoms with Crippen molar-refractivity contribution in [3.63, 3.8) is 0 Å². The van der Waals surface area contributed by atoms with Crippen LogP contribution in [-0.2, 0) is 11.8 Å². The van der Waals surface area contributed by atoms with Crippen molar-refractivity contribution in [1.29, 1.82) is 0 Å². The molecule has 0 N–H and O–H groups in total. The number of alkyl halides is 1. The van der Waals surface area contributed by atoms with Gasteiger partial charge in [0.1, 0.15) is 0 Å². The molecule has 1 heterocycles. The third kappa shape index (κ3) is 1.93. The van der Waals surface area contributed by atoms with Crippen LogP contribution in [0.4, 0.5) is 0 Å². The van der Waals surface area contributed by atoms with E-state index in [1.807, 2.05) is 0 Å². The molecule has 0 saturated heterocycles. The third-order valence-electron chi connectivity index (χ3n) is 2.60. The first-order valence-electron chi connectivity index (χ1n) is 4.63. The van der Waals surface area contributed by atoms with Crippen LogP contribution < -0.4 is 0 Å².